The molecule has 2 nitrogen and oxygen atoms in total. The van der Waals surface area contributed by atoms with E-state index in [-0.39, 0.29) is 6.04 Å². The molecule has 1 fully saturated rings. The van der Waals surface area contributed by atoms with Gasteiger partial charge in [-0.3, -0.25) is 0 Å². The van der Waals surface area contributed by atoms with Gasteiger partial charge < -0.3 is 9.73 Å². The Morgan fingerprint density at radius 1 is 1.31 bits per heavy atom. The van der Waals surface area contributed by atoms with E-state index in [0.29, 0.717) is 16.7 Å². The molecule has 0 aliphatic heterocycles. The number of nitrogens with one attached hydrogen (secondary N) is 1. The minimum atomic E-state index is 0.286. The second kappa shape index (κ2) is 3.61. The van der Waals surface area contributed by atoms with Crippen molar-refractivity contribution >= 4 is 15.9 Å². The first-order chi connectivity index (χ1) is 7.34. The highest BCUT2D eigenvalue weighted by Gasteiger charge is 2.67. The van der Waals surface area contributed by atoms with Gasteiger partial charge in [-0.25, -0.2) is 0 Å². The van der Waals surface area contributed by atoms with Gasteiger partial charge in [-0.2, -0.15) is 0 Å². The molecule has 1 unspecified atom stereocenters. The fourth-order valence-electron chi connectivity index (χ4n) is 3.06. The second-order valence-corrected chi connectivity index (χ2v) is 6.67. The lowest BCUT2D eigenvalue weighted by Crippen LogP contribution is -2.21. The molecule has 0 spiro atoms. The molecule has 0 radical (unpaired) electrons. The lowest BCUT2D eigenvalue weighted by molar-refractivity contribution is 0.357. The topological polar surface area (TPSA) is 25.2 Å². The van der Waals surface area contributed by atoms with Crippen LogP contribution in [0.4, 0.5) is 0 Å². The molecule has 90 valence electrons. The Morgan fingerprint density at radius 3 is 2.19 bits per heavy atom. The van der Waals surface area contributed by atoms with Gasteiger partial charge in [-0.15, -0.1) is 0 Å². The third kappa shape index (κ3) is 1.48. The van der Waals surface area contributed by atoms with Crippen molar-refractivity contribution in [3.05, 3.63) is 22.6 Å². The van der Waals surface area contributed by atoms with E-state index in [0.717, 1.165) is 10.2 Å². The van der Waals surface area contributed by atoms with Gasteiger partial charge in [0.1, 0.15) is 5.76 Å². The first kappa shape index (κ1) is 12.2. The molecule has 0 bridgehead atoms. The maximum atomic E-state index is 5.60. The number of halogens is 1. The number of furan rings is 1. The van der Waals surface area contributed by atoms with Crippen LogP contribution in [0.1, 0.15) is 39.5 Å². The molecule has 1 saturated carbocycles. The van der Waals surface area contributed by atoms with E-state index in [2.05, 4.69) is 48.9 Å². The Labute approximate surface area is 106 Å². The molecule has 1 heterocycles. The number of hydrogen-bond donors (Lipinski definition) is 1. The smallest absolute Gasteiger partial charge is 0.135 e. The van der Waals surface area contributed by atoms with Crippen molar-refractivity contribution in [1.82, 2.24) is 5.32 Å². The van der Waals surface area contributed by atoms with Crippen molar-refractivity contribution in [2.24, 2.45) is 16.7 Å². The third-order valence-electron chi connectivity index (χ3n) is 4.70. The zero-order chi connectivity index (χ0) is 12.1. The van der Waals surface area contributed by atoms with Gasteiger partial charge in [-0.05, 0) is 45.8 Å². The predicted octanol–water partition coefficient (Wildman–Crippen LogP) is 3.98. The molecule has 1 atom stereocenters. The predicted molar refractivity (Wildman–Crippen MR) is 69.3 cm³/mol. The summed E-state index contributed by atoms with van der Waals surface area (Å²) < 4.78 is 6.66. The summed E-state index contributed by atoms with van der Waals surface area (Å²) in [5, 5.41) is 3.39. The van der Waals surface area contributed by atoms with E-state index < -0.39 is 0 Å². The summed E-state index contributed by atoms with van der Waals surface area (Å²) in [4.78, 5) is 0. The Bertz CT molecular complexity index is 380. The lowest BCUT2D eigenvalue weighted by atomic mass is 10.0. The van der Waals surface area contributed by atoms with E-state index in [9.17, 15) is 0 Å². The van der Waals surface area contributed by atoms with E-state index in [1.54, 1.807) is 6.26 Å². The van der Waals surface area contributed by atoms with Gasteiger partial charge in [0.05, 0.1) is 16.8 Å². The van der Waals surface area contributed by atoms with Crippen LogP contribution >= 0.6 is 15.9 Å². The normalized spacial score (nSPS) is 24.4. The summed E-state index contributed by atoms with van der Waals surface area (Å²) in [5.41, 5.74) is 0.708. The summed E-state index contributed by atoms with van der Waals surface area (Å²) in [6.07, 6.45) is 1.74. The Kier molecular flexibility index (Phi) is 2.75. The molecule has 1 aromatic rings. The van der Waals surface area contributed by atoms with Crippen LogP contribution in [0.3, 0.4) is 0 Å². The van der Waals surface area contributed by atoms with Gasteiger partial charge in [-0.1, -0.05) is 27.7 Å². The fourth-order valence-corrected chi connectivity index (χ4v) is 3.51. The van der Waals surface area contributed by atoms with Crippen LogP contribution in [-0.2, 0) is 0 Å². The fraction of sp³-hybridized carbons (Fsp3) is 0.692. The van der Waals surface area contributed by atoms with Crippen molar-refractivity contribution in [3.8, 4) is 0 Å². The summed E-state index contributed by atoms with van der Waals surface area (Å²) >= 11 is 3.55. The molecule has 3 heteroatoms. The molecule has 1 aliphatic carbocycles. The van der Waals surface area contributed by atoms with Crippen molar-refractivity contribution in [3.63, 3.8) is 0 Å². The molecule has 0 saturated heterocycles. The molecule has 1 aromatic heterocycles. The Balaban J connectivity index is 2.31. The van der Waals surface area contributed by atoms with Crippen LogP contribution in [0.15, 0.2) is 21.2 Å². The standard InChI is InChI=1S/C13H20BrNO/c1-12(2)11(13(12,3)4)9(15-5)10-8(14)6-7-16-10/h6-7,9,11,15H,1-5H3. The maximum Gasteiger partial charge on any atom is 0.135 e. The second-order valence-electron chi connectivity index (χ2n) is 5.82. The number of hydrogen-bond acceptors (Lipinski definition) is 2. The first-order valence-electron chi connectivity index (χ1n) is 5.74. The first-order valence-corrected chi connectivity index (χ1v) is 6.53. The Morgan fingerprint density at radius 2 is 1.88 bits per heavy atom. The summed E-state index contributed by atoms with van der Waals surface area (Å²) in [5.74, 6) is 1.62. The molecular formula is C13H20BrNO. The number of rotatable bonds is 3. The van der Waals surface area contributed by atoms with Gasteiger partial charge in [0.25, 0.3) is 0 Å². The van der Waals surface area contributed by atoms with Gasteiger partial charge in [0.15, 0.2) is 0 Å². The molecule has 0 amide bonds. The minimum Gasteiger partial charge on any atom is -0.466 e. The van der Waals surface area contributed by atoms with Crippen LogP contribution in [0, 0.1) is 16.7 Å². The zero-order valence-corrected chi connectivity index (χ0v) is 12.2. The molecule has 1 N–H and O–H groups in total. The van der Waals surface area contributed by atoms with Crippen molar-refractivity contribution in [2.45, 2.75) is 33.7 Å². The summed E-state index contributed by atoms with van der Waals surface area (Å²) in [6.45, 7) is 9.33. The largest absolute Gasteiger partial charge is 0.466 e. The van der Waals surface area contributed by atoms with Crippen molar-refractivity contribution in [2.75, 3.05) is 7.05 Å². The lowest BCUT2D eigenvalue weighted by Gasteiger charge is -2.16. The van der Waals surface area contributed by atoms with Gasteiger partial charge in [0.2, 0.25) is 0 Å². The zero-order valence-electron chi connectivity index (χ0n) is 10.6. The molecule has 0 aromatic carbocycles. The van der Waals surface area contributed by atoms with Crippen molar-refractivity contribution in [1.29, 1.82) is 0 Å². The average Bonchev–Trinajstić information content (AvgIpc) is 2.54. The average molecular weight is 286 g/mol. The summed E-state index contributed by atoms with van der Waals surface area (Å²) in [7, 11) is 2.00. The van der Waals surface area contributed by atoms with Gasteiger partial charge in [0, 0.05) is 0 Å². The van der Waals surface area contributed by atoms with Crippen LogP contribution < -0.4 is 5.32 Å². The third-order valence-corrected chi connectivity index (χ3v) is 5.36. The molecular weight excluding hydrogens is 266 g/mol. The van der Waals surface area contributed by atoms with Crippen LogP contribution in [-0.4, -0.2) is 7.05 Å². The minimum absolute atomic E-state index is 0.286. The quantitative estimate of drug-likeness (QED) is 0.909. The monoisotopic (exact) mass is 285 g/mol. The molecule has 1 aliphatic rings. The SMILES string of the molecule is CNC(c1occc1Br)C1C(C)(C)C1(C)C. The molecule has 16 heavy (non-hydrogen) atoms. The van der Waals surface area contributed by atoms with Crippen molar-refractivity contribution < 1.29 is 4.42 Å². The van der Waals surface area contributed by atoms with Crippen LogP contribution in [0.5, 0.6) is 0 Å². The Hall–Kier alpha value is -0.280. The van der Waals surface area contributed by atoms with E-state index >= 15 is 0 Å². The van der Waals surface area contributed by atoms with Crippen LogP contribution in [0.25, 0.3) is 0 Å². The van der Waals surface area contributed by atoms with E-state index in [1.807, 2.05) is 13.1 Å². The maximum absolute atomic E-state index is 5.60. The molecule has 2 rings (SSSR count). The highest BCUT2D eigenvalue weighted by Crippen LogP contribution is 2.72. The summed E-state index contributed by atoms with van der Waals surface area (Å²) in [6, 6.07) is 2.25. The van der Waals surface area contributed by atoms with E-state index in [1.165, 1.54) is 0 Å². The highest BCUT2D eigenvalue weighted by molar-refractivity contribution is 9.10. The van der Waals surface area contributed by atoms with E-state index in [4.69, 9.17) is 4.42 Å². The van der Waals surface area contributed by atoms with Gasteiger partial charge >= 0.3 is 0 Å². The van der Waals surface area contributed by atoms with Crippen LogP contribution in [0.2, 0.25) is 0 Å². The highest BCUT2D eigenvalue weighted by atomic mass is 79.9.